The van der Waals surface area contributed by atoms with Gasteiger partial charge in [0.05, 0.1) is 31.8 Å². The van der Waals surface area contributed by atoms with Crippen LogP contribution in [-0.2, 0) is 6.54 Å². The van der Waals surface area contributed by atoms with E-state index in [1.165, 1.54) is 35.4 Å². The SMILES string of the molecule is C[NH+]1CCN(Cc2ccc(-c3nc(C(=O)[O-])cs3)cc2)CC1. The van der Waals surface area contributed by atoms with Crippen molar-refractivity contribution in [2.75, 3.05) is 33.2 Å². The Hall–Kier alpha value is -1.76. The van der Waals surface area contributed by atoms with Crippen molar-refractivity contribution in [1.29, 1.82) is 0 Å². The maximum atomic E-state index is 10.8. The number of rotatable bonds is 4. The fourth-order valence-electron chi connectivity index (χ4n) is 2.60. The van der Waals surface area contributed by atoms with Crippen LogP contribution in [0.15, 0.2) is 29.6 Å². The number of nitrogens with zero attached hydrogens (tertiary/aromatic N) is 2. The van der Waals surface area contributed by atoms with Gasteiger partial charge in [-0.3, -0.25) is 4.90 Å². The van der Waals surface area contributed by atoms with E-state index in [9.17, 15) is 9.90 Å². The number of thiazole rings is 1. The van der Waals surface area contributed by atoms with Gasteiger partial charge in [-0.1, -0.05) is 24.3 Å². The maximum absolute atomic E-state index is 10.8. The molecule has 5 nitrogen and oxygen atoms in total. The van der Waals surface area contributed by atoms with Crippen molar-refractivity contribution in [2.24, 2.45) is 0 Å². The van der Waals surface area contributed by atoms with Gasteiger partial charge >= 0.3 is 0 Å². The molecule has 6 heteroatoms. The van der Waals surface area contributed by atoms with Gasteiger partial charge in [-0.15, -0.1) is 11.3 Å². The van der Waals surface area contributed by atoms with Gasteiger partial charge in [0.1, 0.15) is 5.01 Å². The van der Waals surface area contributed by atoms with Gasteiger partial charge in [0.15, 0.2) is 0 Å². The van der Waals surface area contributed by atoms with Crippen LogP contribution in [0.5, 0.6) is 0 Å². The molecule has 0 amide bonds. The van der Waals surface area contributed by atoms with E-state index in [4.69, 9.17) is 0 Å². The molecule has 0 aliphatic carbocycles. The van der Waals surface area contributed by atoms with Crippen molar-refractivity contribution >= 4 is 17.3 Å². The standard InChI is InChI=1S/C16H19N3O2S/c1-18-6-8-19(9-7-18)10-12-2-4-13(5-3-12)15-17-14(11-22-15)16(20)21/h2-5,11H,6-10H2,1H3,(H,20,21). The summed E-state index contributed by atoms with van der Waals surface area (Å²) in [6, 6.07) is 8.21. The lowest BCUT2D eigenvalue weighted by Gasteiger charge is -2.29. The fourth-order valence-corrected chi connectivity index (χ4v) is 3.40. The minimum atomic E-state index is -1.23. The summed E-state index contributed by atoms with van der Waals surface area (Å²) in [7, 11) is 2.24. The highest BCUT2D eigenvalue weighted by Gasteiger charge is 2.16. The number of likely N-dealkylation sites (N-methyl/N-ethyl adjacent to an activating group) is 1. The normalized spacial score (nSPS) is 16.8. The van der Waals surface area contributed by atoms with Crippen molar-refractivity contribution in [1.82, 2.24) is 9.88 Å². The van der Waals surface area contributed by atoms with Gasteiger partial charge in [0.2, 0.25) is 0 Å². The number of hydrogen-bond donors (Lipinski definition) is 1. The number of hydrogen-bond acceptors (Lipinski definition) is 5. The molecule has 1 aliphatic heterocycles. The van der Waals surface area contributed by atoms with E-state index in [1.54, 1.807) is 4.90 Å². The van der Waals surface area contributed by atoms with E-state index in [1.807, 2.05) is 12.1 Å². The highest BCUT2D eigenvalue weighted by molar-refractivity contribution is 7.13. The van der Waals surface area contributed by atoms with E-state index in [2.05, 4.69) is 29.1 Å². The summed E-state index contributed by atoms with van der Waals surface area (Å²) in [6.45, 7) is 5.63. The van der Waals surface area contributed by atoms with Crippen LogP contribution in [0.4, 0.5) is 0 Å². The summed E-state index contributed by atoms with van der Waals surface area (Å²) in [5, 5.41) is 13.0. The summed E-state index contributed by atoms with van der Waals surface area (Å²) in [5.41, 5.74) is 2.23. The molecular weight excluding hydrogens is 298 g/mol. The molecule has 1 aliphatic rings. The van der Waals surface area contributed by atoms with Crippen molar-refractivity contribution in [3.05, 3.63) is 40.9 Å². The lowest BCUT2D eigenvalue weighted by molar-refractivity contribution is -0.884. The average Bonchev–Trinajstić information content (AvgIpc) is 3.00. The second kappa shape index (κ2) is 6.56. The van der Waals surface area contributed by atoms with Crippen LogP contribution in [0.1, 0.15) is 16.1 Å². The first kappa shape index (κ1) is 15.1. The molecule has 2 aromatic rings. The molecule has 0 atom stereocenters. The van der Waals surface area contributed by atoms with Crippen LogP contribution in [0.3, 0.4) is 0 Å². The number of carbonyl (C=O) groups excluding carboxylic acids is 1. The molecule has 0 bridgehead atoms. The van der Waals surface area contributed by atoms with Crippen molar-refractivity contribution < 1.29 is 14.8 Å². The predicted molar refractivity (Wildman–Crippen MR) is 83.8 cm³/mol. The zero-order valence-electron chi connectivity index (χ0n) is 12.5. The minimum absolute atomic E-state index is 0.00372. The van der Waals surface area contributed by atoms with Gasteiger partial charge in [-0.05, 0) is 5.56 Å². The monoisotopic (exact) mass is 317 g/mol. The van der Waals surface area contributed by atoms with Crippen LogP contribution in [0, 0.1) is 0 Å². The molecule has 3 rings (SSSR count). The van der Waals surface area contributed by atoms with Gasteiger partial charge in [-0.2, -0.15) is 0 Å². The van der Waals surface area contributed by atoms with Crippen LogP contribution in [-0.4, -0.2) is 49.1 Å². The number of benzene rings is 1. The van der Waals surface area contributed by atoms with Gasteiger partial charge < -0.3 is 14.8 Å². The third-order valence-corrected chi connectivity index (χ3v) is 4.92. The molecule has 1 N–H and O–H groups in total. The fraction of sp³-hybridized carbons (Fsp3) is 0.375. The molecule has 1 saturated heterocycles. The Labute approximate surface area is 133 Å². The first-order valence-electron chi connectivity index (χ1n) is 7.41. The number of carboxylic acids is 1. The number of piperazine rings is 1. The average molecular weight is 317 g/mol. The maximum Gasteiger partial charge on any atom is 0.124 e. The first-order valence-corrected chi connectivity index (χ1v) is 8.29. The largest absolute Gasteiger partial charge is 0.543 e. The molecule has 0 spiro atoms. The summed E-state index contributed by atoms with van der Waals surface area (Å²) in [6.07, 6.45) is 0. The quantitative estimate of drug-likeness (QED) is 0.826. The summed E-state index contributed by atoms with van der Waals surface area (Å²) in [4.78, 5) is 18.9. The molecule has 0 unspecified atom stereocenters. The van der Waals surface area contributed by atoms with Gasteiger partial charge in [-0.25, -0.2) is 4.98 Å². The lowest BCUT2D eigenvalue weighted by atomic mass is 10.1. The smallest absolute Gasteiger partial charge is 0.124 e. The molecule has 1 aromatic heterocycles. The number of aromatic nitrogens is 1. The van der Waals surface area contributed by atoms with E-state index < -0.39 is 5.97 Å². The Bertz CT molecular complexity index is 646. The number of quaternary nitrogens is 1. The van der Waals surface area contributed by atoms with Crippen molar-refractivity contribution in [3.8, 4) is 10.6 Å². The van der Waals surface area contributed by atoms with Gasteiger partial charge in [0, 0.05) is 30.6 Å². The predicted octanol–water partition coefficient (Wildman–Crippen LogP) is -0.496. The zero-order valence-corrected chi connectivity index (χ0v) is 13.4. The van der Waals surface area contributed by atoms with Crippen molar-refractivity contribution in [3.63, 3.8) is 0 Å². The highest BCUT2D eigenvalue weighted by Crippen LogP contribution is 2.24. The van der Waals surface area contributed by atoms with Crippen LogP contribution < -0.4 is 10.0 Å². The Morgan fingerprint density at radius 1 is 1.32 bits per heavy atom. The number of carbonyl (C=O) groups is 1. The third kappa shape index (κ3) is 3.52. The van der Waals surface area contributed by atoms with Crippen LogP contribution in [0.25, 0.3) is 10.6 Å². The second-order valence-electron chi connectivity index (χ2n) is 5.76. The molecule has 22 heavy (non-hydrogen) atoms. The second-order valence-corrected chi connectivity index (χ2v) is 6.61. The first-order chi connectivity index (χ1) is 10.6. The van der Waals surface area contributed by atoms with Crippen LogP contribution >= 0.6 is 11.3 Å². The number of carboxylic acid groups (broad SMARTS) is 1. The van der Waals surface area contributed by atoms with Gasteiger partial charge in [0.25, 0.3) is 0 Å². The number of nitrogens with one attached hydrogen (secondary N) is 1. The van der Waals surface area contributed by atoms with E-state index in [0.29, 0.717) is 5.01 Å². The molecule has 0 radical (unpaired) electrons. The molecule has 0 saturated carbocycles. The van der Waals surface area contributed by atoms with E-state index >= 15 is 0 Å². The van der Waals surface area contributed by atoms with E-state index in [-0.39, 0.29) is 5.69 Å². The van der Waals surface area contributed by atoms with Crippen LogP contribution in [0.2, 0.25) is 0 Å². The summed E-state index contributed by atoms with van der Waals surface area (Å²) >= 11 is 1.33. The molecular formula is C16H19N3O2S. The summed E-state index contributed by atoms with van der Waals surface area (Å²) in [5.74, 6) is -1.23. The Morgan fingerprint density at radius 3 is 2.59 bits per heavy atom. The van der Waals surface area contributed by atoms with E-state index in [0.717, 1.165) is 25.2 Å². The lowest BCUT2D eigenvalue weighted by Crippen LogP contribution is -3.11. The Morgan fingerprint density at radius 2 is 2.00 bits per heavy atom. The highest BCUT2D eigenvalue weighted by atomic mass is 32.1. The molecule has 116 valence electrons. The molecule has 1 fully saturated rings. The topological polar surface area (TPSA) is 60.7 Å². The zero-order chi connectivity index (χ0) is 15.5. The minimum Gasteiger partial charge on any atom is -0.543 e. The Balaban J connectivity index is 1.65. The number of aromatic carboxylic acids is 1. The third-order valence-electron chi connectivity index (χ3n) is 4.03. The van der Waals surface area contributed by atoms with Crippen molar-refractivity contribution in [2.45, 2.75) is 6.54 Å². The summed E-state index contributed by atoms with van der Waals surface area (Å²) < 4.78 is 0. The molecule has 2 heterocycles. The Kier molecular flexibility index (Phi) is 4.52. The molecule has 1 aromatic carbocycles.